The highest BCUT2D eigenvalue weighted by molar-refractivity contribution is 7.19. The summed E-state index contributed by atoms with van der Waals surface area (Å²) in [4.78, 5) is 36.7. The second-order valence-corrected chi connectivity index (χ2v) is 8.11. The fourth-order valence-electron chi connectivity index (χ4n) is 2.99. The molecule has 3 aromatic rings. The maximum absolute atomic E-state index is 12.3. The highest BCUT2D eigenvalue weighted by Gasteiger charge is 2.30. The van der Waals surface area contributed by atoms with Crippen LogP contribution in [0.4, 0.5) is 5.82 Å². The number of hydrazine groups is 1. The molecule has 132 valence electrons. The van der Waals surface area contributed by atoms with E-state index in [2.05, 4.69) is 24.3 Å². The van der Waals surface area contributed by atoms with Crippen LogP contribution >= 0.6 is 22.7 Å². The summed E-state index contributed by atoms with van der Waals surface area (Å²) in [7, 11) is 0. The lowest BCUT2D eigenvalue weighted by atomic mass is 10.1. The van der Waals surface area contributed by atoms with E-state index in [9.17, 15) is 9.59 Å². The number of imide groups is 1. The maximum Gasteiger partial charge on any atom is 0.275 e. The van der Waals surface area contributed by atoms with Crippen LogP contribution in [0.5, 0.6) is 0 Å². The van der Waals surface area contributed by atoms with Crippen molar-refractivity contribution in [3.05, 3.63) is 39.6 Å². The molecular formula is C18H16N4O2S2. The first-order valence-corrected chi connectivity index (χ1v) is 9.86. The maximum atomic E-state index is 12.3. The van der Waals surface area contributed by atoms with Crippen LogP contribution in [0.1, 0.15) is 24.3 Å². The smallest absolute Gasteiger partial charge is 0.271 e. The summed E-state index contributed by atoms with van der Waals surface area (Å²) in [5.41, 5.74) is 4.49. The average molecular weight is 384 g/mol. The zero-order valence-electron chi connectivity index (χ0n) is 14.5. The lowest BCUT2D eigenvalue weighted by Gasteiger charge is -2.17. The number of hydrogen-bond donors (Lipinski definition) is 1. The molecule has 3 aromatic heterocycles. The minimum absolute atomic E-state index is 0.357. The van der Waals surface area contributed by atoms with E-state index >= 15 is 0 Å². The van der Waals surface area contributed by atoms with Crippen molar-refractivity contribution >= 4 is 50.5 Å². The number of carbonyl (C=O) groups excluding carboxylic acids is 2. The Bertz CT molecular complexity index is 1070. The molecule has 0 spiro atoms. The van der Waals surface area contributed by atoms with E-state index in [1.54, 1.807) is 29.6 Å². The third kappa shape index (κ3) is 2.62. The number of fused-ring (bicyclic) bond motifs is 1. The van der Waals surface area contributed by atoms with Crippen LogP contribution in [-0.4, -0.2) is 26.8 Å². The molecule has 0 unspecified atom stereocenters. The van der Waals surface area contributed by atoms with Crippen molar-refractivity contribution in [2.45, 2.75) is 27.2 Å². The van der Waals surface area contributed by atoms with E-state index in [1.165, 1.54) is 6.08 Å². The fraction of sp³-hybridized carbons (Fsp3) is 0.222. The first kappa shape index (κ1) is 16.9. The summed E-state index contributed by atoms with van der Waals surface area (Å²) in [6.45, 7) is 5.75. The third-order valence-electron chi connectivity index (χ3n) is 4.27. The average Bonchev–Trinajstić information content (AvgIpc) is 3.29. The molecule has 0 saturated carbocycles. The molecule has 6 nitrogen and oxygen atoms in total. The number of carbonyl (C=O) groups is 2. The standard InChI is InChI=1S/C18H16N4O2S2/c1-4-11-10(3)26-17-14(11)16(19-15(20-17)12-6-5-7-25-12)21-22-13(23)8-9(2)18(22)24/h5-8H,4H2,1-3H3,(H,19,20,21). The van der Waals surface area contributed by atoms with E-state index < -0.39 is 0 Å². The number of nitrogens with zero attached hydrogens (tertiary/aromatic N) is 3. The van der Waals surface area contributed by atoms with Crippen LogP contribution in [0.3, 0.4) is 0 Å². The third-order valence-corrected chi connectivity index (χ3v) is 6.17. The number of aryl methyl sites for hydroxylation is 2. The van der Waals surface area contributed by atoms with Crippen LogP contribution < -0.4 is 5.43 Å². The minimum atomic E-state index is -0.387. The van der Waals surface area contributed by atoms with Crippen molar-refractivity contribution in [3.63, 3.8) is 0 Å². The van der Waals surface area contributed by atoms with Crippen molar-refractivity contribution in [1.82, 2.24) is 15.0 Å². The first-order chi connectivity index (χ1) is 12.5. The SMILES string of the molecule is CCc1c(C)sc2nc(-c3cccs3)nc(NN3C(=O)C=C(C)C3=O)c12. The van der Waals surface area contributed by atoms with Crippen molar-refractivity contribution in [2.24, 2.45) is 0 Å². The summed E-state index contributed by atoms with van der Waals surface area (Å²) in [5.74, 6) is 0.332. The van der Waals surface area contributed by atoms with Gasteiger partial charge < -0.3 is 0 Å². The first-order valence-electron chi connectivity index (χ1n) is 8.16. The molecule has 1 aliphatic heterocycles. The van der Waals surface area contributed by atoms with Gasteiger partial charge in [0, 0.05) is 16.5 Å². The second kappa shape index (κ2) is 6.30. The van der Waals surface area contributed by atoms with Crippen molar-refractivity contribution in [2.75, 3.05) is 5.43 Å². The number of hydrogen-bond acceptors (Lipinski definition) is 7. The molecule has 0 fully saturated rings. The molecule has 0 aliphatic carbocycles. The predicted molar refractivity (Wildman–Crippen MR) is 104 cm³/mol. The van der Waals surface area contributed by atoms with Crippen LogP contribution in [0, 0.1) is 6.92 Å². The second-order valence-electron chi connectivity index (χ2n) is 5.96. The number of nitrogens with one attached hydrogen (secondary N) is 1. The molecule has 1 aliphatic rings. The van der Waals surface area contributed by atoms with E-state index in [0.717, 1.165) is 37.0 Å². The summed E-state index contributed by atoms with van der Waals surface area (Å²) in [6.07, 6.45) is 2.15. The van der Waals surface area contributed by atoms with Gasteiger partial charge in [-0.1, -0.05) is 13.0 Å². The molecule has 26 heavy (non-hydrogen) atoms. The Kier molecular flexibility index (Phi) is 4.08. The molecule has 0 atom stereocenters. The van der Waals surface area contributed by atoms with Gasteiger partial charge in [-0.25, -0.2) is 9.97 Å². The lowest BCUT2D eigenvalue weighted by Crippen LogP contribution is -2.36. The van der Waals surface area contributed by atoms with Gasteiger partial charge >= 0.3 is 0 Å². The molecule has 0 saturated heterocycles. The Morgan fingerprint density at radius 3 is 2.65 bits per heavy atom. The zero-order valence-corrected chi connectivity index (χ0v) is 16.1. The Hall–Kier alpha value is -2.58. The molecule has 0 aromatic carbocycles. The number of amides is 2. The fourth-order valence-corrected chi connectivity index (χ4v) is 4.76. The van der Waals surface area contributed by atoms with Gasteiger partial charge in [-0.05, 0) is 37.3 Å². The van der Waals surface area contributed by atoms with E-state index in [1.807, 2.05) is 17.5 Å². The number of aromatic nitrogens is 2. The number of rotatable bonds is 4. The quantitative estimate of drug-likeness (QED) is 0.690. The molecule has 8 heteroatoms. The summed E-state index contributed by atoms with van der Waals surface area (Å²) < 4.78 is 0. The topological polar surface area (TPSA) is 75.2 Å². The van der Waals surface area contributed by atoms with E-state index in [4.69, 9.17) is 4.98 Å². The van der Waals surface area contributed by atoms with Gasteiger partial charge in [0.05, 0.1) is 10.3 Å². The summed E-state index contributed by atoms with van der Waals surface area (Å²) >= 11 is 3.15. The molecule has 1 N–H and O–H groups in total. The number of thiophene rings is 2. The Balaban J connectivity index is 1.88. The van der Waals surface area contributed by atoms with E-state index in [0.29, 0.717) is 17.2 Å². The van der Waals surface area contributed by atoms with Crippen LogP contribution in [0.2, 0.25) is 0 Å². The van der Waals surface area contributed by atoms with Gasteiger partial charge in [-0.2, -0.15) is 5.01 Å². The van der Waals surface area contributed by atoms with Crippen molar-refractivity contribution in [1.29, 1.82) is 0 Å². The van der Waals surface area contributed by atoms with E-state index in [-0.39, 0.29) is 11.8 Å². The molecule has 0 radical (unpaired) electrons. The van der Waals surface area contributed by atoms with Crippen molar-refractivity contribution < 1.29 is 9.59 Å². The minimum Gasteiger partial charge on any atom is -0.271 e. The summed E-state index contributed by atoms with van der Waals surface area (Å²) in [5, 5.41) is 3.86. The van der Waals surface area contributed by atoms with Gasteiger partial charge in [0.2, 0.25) is 0 Å². The molecule has 4 rings (SSSR count). The Labute approximate surface area is 158 Å². The number of anilines is 1. The van der Waals surface area contributed by atoms with Crippen LogP contribution in [-0.2, 0) is 16.0 Å². The van der Waals surface area contributed by atoms with Gasteiger partial charge in [0.1, 0.15) is 4.83 Å². The Morgan fingerprint density at radius 1 is 1.23 bits per heavy atom. The lowest BCUT2D eigenvalue weighted by molar-refractivity contribution is -0.135. The predicted octanol–water partition coefficient (Wildman–Crippen LogP) is 3.93. The Morgan fingerprint density at radius 2 is 2.04 bits per heavy atom. The van der Waals surface area contributed by atoms with Gasteiger partial charge in [-0.15, -0.1) is 22.7 Å². The van der Waals surface area contributed by atoms with Crippen LogP contribution in [0.25, 0.3) is 20.9 Å². The van der Waals surface area contributed by atoms with Crippen molar-refractivity contribution in [3.8, 4) is 10.7 Å². The molecule has 4 heterocycles. The molecule has 0 bridgehead atoms. The molecular weight excluding hydrogens is 368 g/mol. The largest absolute Gasteiger partial charge is 0.275 e. The van der Waals surface area contributed by atoms with Gasteiger partial charge in [0.15, 0.2) is 11.6 Å². The highest BCUT2D eigenvalue weighted by atomic mass is 32.1. The van der Waals surface area contributed by atoms with Gasteiger partial charge in [0.25, 0.3) is 11.8 Å². The van der Waals surface area contributed by atoms with Gasteiger partial charge in [-0.3, -0.25) is 15.0 Å². The highest BCUT2D eigenvalue weighted by Crippen LogP contribution is 2.37. The zero-order chi connectivity index (χ0) is 18.4. The monoisotopic (exact) mass is 384 g/mol. The molecule has 2 amide bonds. The van der Waals surface area contributed by atoms with Crippen LogP contribution in [0.15, 0.2) is 29.2 Å². The summed E-state index contributed by atoms with van der Waals surface area (Å²) in [6, 6.07) is 3.90. The normalized spacial score (nSPS) is 14.4.